The molecule has 0 radical (unpaired) electrons. The van der Waals surface area contributed by atoms with Gasteiger partial charge in [0.15, 0.2) is 5.69 Å². The second-order valence-electron chi connectivity index (χ2n) is 5.16. The van der Waals surface area contributed by atoms with E-state index in [2.05, 4.69) is 15.0 Å². The van der Waals surface area contributed by atoms with Gasteiger partial charge >= 0.3 is 0 Å². The minimum atomic E-state index is -0.220. The van der Waals surface area contributed by atoms with Gasteiger partial charge in [0.1, 0.15) is 6.26 Å². The molecule has 0 atom stereocenters. The molecule has 21 heavy (non-hydrogen) atoms. The van der Waals surface area contributed by atoms with Crippen LogP contribution in [0.5, 0.6) is 0 Å². The van der Waals surface area contributed by atoms with Crippen molar-refractivity contribution in [2.45, 2.75) is 19.3 Å². The molecule has 0 aromatic carbocycles. The Bertz CT molecular complexity index is 453. The summed E-state index contributed by atoms with van der Waals surface area (Å²) in [6.45, 7) is 2.55. The van der Waals surface area contributed by atoms with Crippen LogP contribution >= 0.6 is 0 Å². The lowest BCUT2D eigenvalue weighted by Gasteiger charge is -2.32. The van der Waals surface area contributed by atoms with Crippen molar-refractivity contribution in [3.05, 3.63) is 18.0 Å². The van der Waals surface area contributed by atoms with Gasteiger partial charge in [0, 0.05) is 32.8 Å². The monoisotopic (exact) mass is 295 g/mol. The highest BCUT2D eigenvalue weighted by molar-refractivity contribution is 5.91. The summed E-state index contributed by atoms with van der Waals surface area (Å²) in [6, 6.07) is 1.53. The first-order valence-electron chi connectivity index (χ1n) is 7.16. The number of aromatic nitrogens is 1. The number of methoxy groups -OCH3 is 1. The Kier molecular flexibility index (Phi) is 5.74. The Balaban J connectivity index is 1.67. The molecule has 7 nitrogen and oxygen atoms in total. The molecule has 7 heteroatoms. The van der Waals surface area contributed by atoms with Gasteiger partial charge in [0.2, 0.25) is 5.91 Å². The number of likely N-dealkylation sites (tertiary alicyclic amines) is 1. The lowest BCUT2D eigenvalue weighted by atomic mass is 9.96. The molecule has 2 amide bonds. The summed E-state index contributed by atoms with van der Waals surface area (Å²) >= 11 is 0. The van der Waals surface area contributed by atoms with Crippen LogP contribution in [0, 0.1) is 5.92 Å². The highest BCUT2D eigenvalue weighted by Crippen LogP contribution is 2.17. The van der Waals surface area contributed by atoms with Crippen molar-refractivity contribution < 1.29 is 18.8 Å². The van der Waals surface area contributed by atoms with E-state index in [1.807, 2.05) is 4.90 Å². The summed E-state index contributed by atoms with van der Waals surface area (Å²) in [4.78, 5) is 25.4. The second kappa shape index (κ2) is 7.78. The molecule has 1 N–H and O–H groups in total. The molecule has 116 valence electrons. The number of hydrogen-bond donors (Lipinski definition) is 1. The molecular formula is C14H21N3O4. The molecule has 1 aliphatic heterocycles. The summed E-state index contributed by atoms with van der Waals surface area (Å²) in [7, 11) is 1.59. The van der Waals surface area contributed by atoms with Crippen LogP contribution in [-0.2, 0) is 9.53 Å². The number of hydrogen-bond acceptors (Lipinski definition) is 5. The maximum absolute atomic E-state index is 11.8. The van der Waals surface area contributed by atoms with E-state index in [9.17, 15) is 9.59 Å². The van der Waals surface area contributed by atoms with E-state index in [1.165, 1.54) is 12.3 Å². The van der Waals surface area contributed by atoms with Crippen molar-refractivity contribution in [1.82, 2.24) is 15.4 Å². The predicted octanol–water partition coefficient (Wildman–Crippen LogP) is 0.679. The predicted molar refractivity (Wildman–Crippen MR) is 74.6 cm³/mol. The molecule has 1 saturated heterocycles. The maximum atomic E-state index is 11.8. The smallest absolute Gasteiger partial charge is 0.273 e. The fourth-order valence-electron chi connectivity index (χ4n) is 2.39. The van der Waals surface area contributed by atoms with Crippen molar-refractivity contribution in [1.29, 1.82) is 0 Å². The average Bonchev–Trinajstić information content (AvgIpc) is 3.05. The largest absolute Gasteiger partial charge is 0.384 e. The van der Waals surface area contributed by atoms with Crippen LogP contribution < -0.4 is 5.32 Å². The zero-order chi connectivity index (χ0) is 15.1. The Labute approximate surface area is 123 Å². The second-order valence-corrected chi connectivity index (χ2v) is 5.16. The lowest BCUT2D eigenvalue weighted by molar-refractivity contribution is -0.133. The van der Waals surface area contributed by atoms with Gasteiger partial charge in [-0.3, -0.25) is 9.59 Å². The molecule has 2 heterocycles. The van der Waals surface area contributed by atoms with E-state index in [1.54, 1.807) is 7.11 Å². The molecule has 0 aliphatic carbocycles. The zero-order valence-corrected chi connectivity index (χ0v) is 12.2. The van der Waals surface area contributed by atoms with E-state index >= 15 is 0 Å². The zero-order valence-electron chi connectivity index (χ0n) is 12.2. The quantitative estimate of drug-likeness (QED) is 0.834. The van der Waals surface area contributed by atoms with E-state index in [0.717, 1.165) is 25.9 Å². The molecule has 1 aliphatic rings. The van der Waals surface area contributed by atoms with Crippen LogP contribution in [-0.4, -0.2) is 55.2 Å². The van der Waals surface area contributed by atoms with Crippen molar-refractivity contribution in [2.75, 3.05) is 33.4 Å². The van der Waals surface area contributed by atoms with Crippen LogP contribution in [0.1, 0.15) is 29.8 Å². The topological polar surface area (TPSA) is 84.7 Å². The van der Waals surface area contributed by atoms with Gasteiger partial charge < -0.3 is 19.5 Å². The number of amides is 2. The van der Waals surface area contributed by atoms with Gasteiger partial charge in [-0.25, -0.2) is 0 Å². The highest BCUT2D eigenvalue weighted by atomic mass is 16.5. The van der Waals surface area contributed by atoms with Gasteiger partial charge in [-0.15, -0.1) is 0 Å². The standard InChI is InChI=1S/C14H21N3O4/c1-20-8-5-13(18)17-6-2-11(3-7-17)10-15-14(19)12-4-9-21-16-12/h4,9,11H,2-3,5-8,10H2,1H3,(H,15,19). The fraction of sp³-hybridized carbons (Fsp3) is 0.643. The minimum Gasteiger partial charge on any atom is -0.384 e. The van der Waals surface area contributed by atoms with Crippen molar-refractivity contribution in [2.24, 2.45) is 5.92 Å². The third-order valence-electron chi connectivity index (χ3n) is 3.71. The van der Waals surface area contributed by atoms with Gasteiger partial charge in [0.05, 0.1) is 13.0 Å². The van der Waals surface area contributed by atoms with Crippen LogP contribution in [0.25, 0.3) is 0 Å². The van der Waals surface area contributed by atoms with Crippen LogP contribution in [0.4, 0.5) is 0 Å². The molecule has 0 saturated carbocycles. The molecule has 0 unspecified atom stereocenters. The Hall–Kier alpha value is -1.89. The first-order valence-corrected chi connectivity index (χ1v) is 7.16. The molecule has 1 fully saturated rings. The summed E-state index contributed by atoms with van der Waals surface area (Å²) in [6.07, 6.45) is 3.61. The van der Waals surface area contributed by atoms with Crippen LogP contribution in [0.3, 0.4) is 0 Å². The molecule has 1 aromatic heterocycles. The highest BCUT2D eigenvalue weighted by Gasteiger charge is 2.23. The molecule has 1 aromatic rings. The van der Waals surface area contributed by atoms with E-state index in [-0.39, 0.29) is 11.8 Å². The fourth-order valence-corrected chi connectivity index (χ4v) is 2.39. The number of carbonyl (C=O) groups excluding carboxylic acids is 2. The van der Waals surface area contributed by atoms with E-state index in [4.69, 9.17) is 4.74 Å². The average molecular weight is 295 g/mol. The number of ether oxygens (including phenoxy) is 1. The van der Waals surface area contributed by atoms with Gasteiger partial charge in [-0.2, -0.15) is 0 Å². The summed E-state index contributed by atoms with van der Waals surface area (Å²) < 4.78 is 9.55. The summed E-state index contributed by atoms with van der Waals surface area (Å²) in [5.74, 6) is 0.316. The number of nitrogens with zero attached hydrogens (tertiary/aromatic N) is 2. The summed E-state index contributed by atoms with van der Waals surface area (Å²) in [5.41, 5.74) is 0.294. The van der Waals surface area contributed by atoms with Crippen molar-refractivity contribution >= 4 is 11.8 Å². The lowest BCUT2D eigenvalue weighted by Crippen LogP contribution is -2.41. The Morgan fingerprint density at radius 3 is 2.86 bits per heavy atom. The van der Waals surface area contributed by atoms with Gasteiger partial charge in [0.25, 0.3) is 5.91 Å². The normalized spacial score (nSPS) is 16.0. The van der Waals surface area contributed by atoms with Crippen LogP contribution in [0.15, 0.2) is 16.9 Å². The number of nitrogens with one attached hydrogen (secondary N) is 1. The van der Waals surface area contributed by atoms with Crippen molar-refractivity contribution in [3.63, 3.8) is 0 Å². The third kappa shape index (κ3) is 4.56. The number of rotatable bonds is 6. The van der Waals surface area contributed by atoms with E-state index in [0.29, 0.717) is 31.2 Å². The first-order chi connectivity index (χ1) is 10.2. The molecule has 0 spiro atoms. The van der Waals surface area contributed by atoms with Gasteiger partial charge in [-0.1, -0.05) is 5.16 Å². The van der Waals surface area contributed by atoms with Gasteiger partial charge in [-0.05, 0) is 18.8 Å². The van der Waals surface area contributed by atoms with Crippen molar-refractivity contribution in [3.8, 4) is 0 Å². The Morgan fingerprint density at radius 1 is 1.48 bits per heavy atom. The minimum absolute atomic E-state index is 0.141. The molecule has 0 bridgehead atoms. The maximum Gasteiger partial charge on any atom is 0.273 e. The molecular weight excluding hydrogens is 274 g/mol. The van der Waals surface area contributed by atoms with Crippen LogP contribution in [0.2, 0.25) is 0 Å². The Morgan fingerprint density at radius 2 is 2.24 bits per heavy atom. The molecule has 2 rings (SSSR count). The number of piperidine rings is 1. The first kappa shape index (κ1) is 15.5. The van der Waals surface area contributed by atoms with E-state index < -0.39 is 0 Å². The summed E-state index contributed by atoms with van der Waals surface area (Å²) in [5, 5.41) is 6.44. The number of carbonyl (C=O) groups is 2. The third-order valence-corrected chi connectivity index (χ3v) is 3.71. The SMILES string of the molecule is COCCC(=O)N1CCC(CNC(=O)c2ccon2)CC1.